The van der Waals surface area contributed by atoms with E-state index >= 15 is 0 Å². The van der Waals surface area contributed by atoms with Crippen LogP contribution < -0.4 is 5.73 Å². The van der Waals surface area contributed by atoms with Gasteiger partial charge in [0.25, 0.3) is 0 Å². The van der Waals surface area contributed by atoms with Crippen molar-refractivity contribution < 1.29 is 18.7 Å². The molecule has 0 spiro atoms. The average Bonchev–Trinajstić information content (AvgIpc) is 2.43. The van der Waals surface area contributed by atoms with Crippen molar-refractivity contribution in [3.63, 3.8) is 0 Å². The van der Waals surface area contributed by atoms with Crippen molar-refractivity contribution in [2.24, 2.45) is 11.7 Å². The van der Waals surface area contributed by atoms with Crippen LogP contribution >= 0.6 is 0 Å². The highest BCUT2D eigenvalue weighted by atomic mass is 19.2. The maximum atomic E-state index is 13.1. The van der Waals surface area contributed by atoms with Gasteiger partial charge in [-0.05, 0) is 49.5 Å². The maximum absolute atomic E-state index is 13.1. The van der Waals surface area contributed by atoms with Crippen LogP contribution in [0.15, 0.2) is 18.2 Å². The highest BCUT2D eigenvalue weighted by Gasteiger charge is 2.28. The first-order valence-corrected chi connectivity index (χ1v) is 6.61. The predicted molar refractivity (Wildman–Crippen MR) is 69.6 cm³/mol. The lowest BCUT2D eigenvalue weighted by atomic mass is 9.90. The molecule has 1 aromatic rings. The molecular formula is C14H18F2N2O2. The first-order valence-electron chi connectivity index (χ1n) is 6.61. The van der Waals surface area contributed by atoms with Crippen LogP contribution in [0.1, 0.15) is 18.4 Å². The van der Waals surface area contributed by atoms with E-state index in [1.807, 2.05) is 0 Å². The SMILES string of the molecule is NC(=O)[C@@H](O)C1CCN(Cc2ccc(F)c(F)c2)CC1. The number of likely N-dealkylation sites (tertiary alicyclic amines) is 1. The Kier molecular flexibility index (Phi) is 4.67. The normalized spacial score (nSPS) is 18.9. The summed E-state index contributed by atoms with van der Waals surface area (Å²) in [5.41, 5.74) is 5.78. The summed E-state index contributed by atoms with van der Waals surface area (Å²) >= 11 is 0. The number of hydrogen-bond acceptors (Lipinski definition) is 3. The predicted octanol–water partition coefficient (Wildman–Crippen LogP) is 1.02. The van der Waals surface area contributed by atoms with Gasteiger partial charge < -0.3 is 10.8 Å². The summed E-state index contributed by atoms with van der Waals surface area (Å²) in [6, 6.07) is 3.87. The molecule has 1 saturated heterocycles. The fraction of sp³-hybridized carbons (Fsp3) is 0.500. The van der Waals surface area contributed by atoms with Crippen LogP contribution in [0.2, 0.25) is 0 Å². The summed E-state index contributed by atoms with van der Waals surface area (Å²) in [7, 11) is 0. The third-order valence-corrected chi connectivity index (χ3v) is 3.76. The lowest BCUT2D eigenvalue weighted by molar-refractivity contribution is -0.129. The quantitative estimate of drug-likeness (QED) is 0.867. The Bertz CT molecular complexity index is 488. The number of carbonyl (C=O) groups excluding carboxylic acids is 1. The molecule has 0 aliphatic carbocycles. The van der Waals surface area contributed by atoms with Crippen molar-refractivity contribution in [1.29, 1.82) is 0 Å². The number of primary amides is 1. The highest BCUT2D eigenvalue weighted by molar-refractivity contribution is 5.78. The second kappa shape index (κ2) is 6.28. The molecule has 0 bridgehead atoms. The summed E-state index contributed by atoms with van der Waals surface area (Å²) in [4.78, 5) is 13.0. The minimum atomic E-state index is -1.10. The summed E-state index contributed by atoms with van der Waals surface area (Å²) in [5, 5.41) is 9.61. The van der Waals surface area contributed by atoms with Crippen molar-refractivity contribution in [3.8, 4) is 0 Å². The van der Waals surface area contributed by atoms with E-state index in [0.717, 1.165) is 6.07 Å². The molecule has 110 valence electrons. The van der Waals surface area contributed by atoms with Gasteiger partial charge in [0.1, 0.15) is 6.10 Å². The van der Waals surface area contributed by atoms with Gasteiger partial charge in [-0.3, -0.25) is 9.69 Å². The molecular weight excluding hydrogens is 266 g/mol. The Labute approximate surface area is 116 Å². The topological polar surface area (TPSA) is 66.6 Å². The molecule has 1 amide bonds. The maximum Gasteiger partial charge on any atom is 0.246 e. The molecule has 1 aliphatic heterocycles. The van der Waals surface area contributed by atoms with Gasteiger partial charge in [0.05, 0.1) is 0 Å². The molecule has 20 heavy (non-hydrogen) atoms. The summed E-state index contributed by atoms with van der Waals surface area (Å²) in [6.45, 7) is 1.90. The van der Waals surface area contributed by atoms with Crippen LogP contribution in [0.25, 0.3) is 0 Å². The van der Waals surface area contributed by atoms with E-state index in [0.29, 0.717) is 38.0 Å². The zero-order valence-corrected chi connectivity index (χ0v) is 11.1. The minimum absolute atomic E-state index is 0.117. The van der Waals surface area contributed by atoms with Crippen LogP contribution in [0, 0.1) is 17.6 Å². The largest absolute Gasteiger partial charge is 0.383 e. The number of rotatable bonds is 4. The molecule has 0 saturated carbocycles. The van der Waals surface area contributed by atoms with Gasteiger partial charge in [0, 0.05) is 6.54 Å². The van der Waals surface area contributed by atoms with Gasteiger partial charge in [-0.25, -0.2) is 8.78 Å². The number of aliphatic hydroxyl groups is 1. The van der Waals surface area contributed by atoms with Crippen molar-refractivity contribution >= 4 is 5.91 Å². The molecule has 3 N–H and O–H groups in total. The van der Waals surface area contributed by atoms with Gasteiger partial charge in [0.2, 0.25) is 5.91 Å². The second-order valence-corrected chi connectivity index (χ2v) is 5.21. The summed E-state index contributed by atoms with van der Waals surface area (Å²) in [5.74, 6) is -2.50. The standard InChI is InChI=1S/C14H18F2N2O2/c15-11-2-1-9(7-12(11)16)8-18-5-3-10(4-6-18)13(19)14(17)20/h1-2,7,10,13,19H,3-6,8H2,(H2,17,20)/t13-/m0/s1. The molecule has 1 aliphatic rings. The van der Waals surface area contributed by atoms with Crippen LogP contribution in [-0.2, 0) is 11.3 Å². The molecule has 2 rings (SSSR count). The number of amides is 1. The third-order valence-electron chi connectivity index (χ3n) is 3.76. The van der Waals surface area contributed by atoms with Gasteiger partial charge in [0.15, 0.2) is 11.6 Å². The van der Waals surface area contributed by atoms with Crippen molar-refractivity contribution in [1.82, 2.24) is 4.90 Å². The average molecular weight is 284 g/mol. The molecule has 0 radical (unpaired) electrons. The molecule has 1 fully saturated rings. The monoisotopic (exact) mass is 284 g/mol. The first-order chi connectivity index (χ1) is 9.47. The number of piperidine rings is 1. The fourth-order valence-electron chi connectivity index (χ4n) is 2.56. The van der Waals surface area contributed by atoms with Crippen LogP contribution in [0.4, 0.5) is 8.78 Å². The third kappa shape index (κ3) is 3.52. The minimum Gasteiger partial charge on any atom is -0.383 e. The van der Waals surface area contributed by atoms with Crippen molar-refractivity contribution in [3.05, 3.63) is 35.4 Å². The summed E-state index contributed by atoms with van der Waals surface area (Å²) in [6.07, 6.45) is 0.224. The number of nitrogens with two attached hydrogens (primary N) is 1. The smallest absolute Gasteiger partial charge is 0.246 e. The second-order valence-electron chi connectivity index (χ2n) is 5.21. The van der Waals surface area contributed by atoms with E-state index < -0.39 is 23.6 Å². The Morgan fingerprint density at radius 2 is 2.00 bits per heavy atom. The number of halogens is 2. The number of aliphatic hydroxyl groups excluding tert-OH is 1. The Morgan fingerprint density at radius 3 is 2.55 bits per heavy atom. The molecule has 1 atom stereocenters. The molecule has 4 nitrogen and oxygen atoms in total. The Hall–Kier alpha value is -1.53. The number of hydrogen-bond donors (Lipinski definition) is 2. The van der Waals surface area contributed by atoms with Gasteiger partial charge in [-0.1, -0.05) is 6.07 Å². The van der Waals surface area contributed by atoms with E-state index in [4.69, 9.17) is 5.73 Å². The Morgan fingerprint density at radius 1 is 1.35 bits per heavy atom. The van der Waals surface area contributed by atoms with Crippen molar-refractivity contribution in [2.45, 2.75) is 25.5 Å². The molecule has 1 heterocycles. The van der Waals surface area contributed by atoms with Gasteiger partial charge in [-0.15, -0.1) is 0 Å². The Balaban J connectivity index is 1.88. The van der Waals surface area contributed by atoms with Crippen LogP contribution in [-0.4, -0.2) is 35.1 Å². The number of nitrogens with zero attached hydrogens (tertiary/aromatic N) is 1. The zero-order chi connectivity index (χ0) is 14.7. The molecule has 1 aromatic carbocycles. The van der Waals surface area contributed by atoms with E-state index in [-0.39, 0.29) is 5.92 Å². The lowest BCUT2D eigenvalue weighted by Gasteiger charge is -2.33. The van der Waals surface area contributed by atoms with E-state index in [9.17, 15) is 18.7 Å². The van der Waals surface area contributed by atoms with E-state index in [1.54, 1.807) is 6.07 Å². The zero-order valence-electron chi connectivity index (χ0n) is 11.1. The number of benzene rings is 1. The van der Waals surface area contributed by atoms with Crippen LogP contribution in [0.5, 0.6) is 0 Å². The van der Waals surface area contributed by atoms with E-state index in [2.05, 4.69) is 4.90 Å². The van der Waals surface area contributed by atoms with Gasteiger partial charge >= 0.3 is 0 Å². The molecule has 0 aromatic heterocycles. The summed E-state index contributed by atoms with van der Waals surface area (Å²) < 4.78 is 25.9. The molecule has 0 unspecified atom stereocenters. The van der Waals surface area contributed by atoms with Gasteiger partial charge in [-0.2, -0.15) is 0 Å². The first kappa shape index (κ1) is 14.9. The van der Waals surface area contributed by atoms with Crippen LogP contribution in [0.3, 0.4) is 0 Å². The van der Waals surface area contributed by atoms with E-state index in [1.165, 1.54) is 6.07 Å². The fourth-order valence-corrected chi connectivity index (χ4v) is 2.56. The highest BCUT2D eigenvalue weighted by Crippen LogP contribution is 2.22. The number of carbonyl (C=O) groups is 1. The lowest BCUT2D eigenvalue weighted by Crippen LogP contribution is -2.42. The molecule has 6 heteroatoms. The van der Waals surface area contributed by atoms with Crippen molar-refractivity contribution in [2.75, 3.05) is 13.1 Å².